The number of nitrogens with two attached hydrogens (primary N) is 1. The number of nitrogens with zero attached hydrogens (tertiary/aromatic N) is 1. The predicted molar refractivity (Wildman–Crippen MR) is 125 cm³/mol. The highest BCUT2D eigenvalue weighted by Crippen LogP contribution is 2.32. The Labute approximate surface area is 186 Å². The van der Waals surface area contributed by atoms with Gasteiger partial charge in [-0.15, -0.1) is 0 Å². The fourth-order valence-electron chi connectivity index (χ4n) is 3.55. The van der Waals surface area contributed by atoms with E-state index < -0.39 is 0 Å². The summed E-state index contributed by atoms with van der Waals surface area (Å²) in [6.07, 6.45) is 0.654. The zero-order valence-electron chi connectivity index (χ0n) is 16.9. The third-order valence-electron chi connectivity index (χ3n) is 5.12. The van der Waals surface area contributed by atoms with Crippen molar-refractivity contribution in [1.82, 2.24) is 15.5 Å². The van der Waals surface area contributed by atoms with Crippen molar-refractivity contribution in [3.05, 3.63) is 101 Å². The van der Waals surface area contributed by atoms with E-state index in [9.17, 15) is 4.79 Å². The van der Waals surface area contributed by atoms with Crippen molar-refractivity contribution in [2.45, 2.75) is 12.5 Å². The molecule has 0 aliphatic rings. The van der Waals surface area contributed by atoms with Crippen molar-refractivity contribution >= 4 is 17.5 Å². The van der Waals surface area contributed by atoms with Crippen LogP contribution in [-0.4, -0.2) is 28.7 Å². The lowest BCUT2D eigenvalue weighted by atomic mass is 10.0. The minimum Gasteiger partial charge on any atom is -0.348 e. The highest BCUT2D eigenvalue weighted by atomic mass is 35.5. The monoisotopic (exact) mass is 430 g/mol. The first-order chi connectivity index (χ1) is 15.2. The molecular weight excluding hydrogens is 408 g/mol. The number of nitrogens with one attached hydrogen (secondary N) is 2. The first kappa shape index (κ1) is 20.8. The number of amides is 1. The molecule has 6 heteroatoms. The molecule has 0 aliphatic carbocycles. The minimum atomic E-state index is -0.222. The summed E-state index contributed by atoms with van der Waals surface area (Å²) in [5, 5.41) is 11.0. The third kappa shape index (κ3) is 4.85. The summed E-state index contributed by atoms with van der Waals surface area (Å²) in [6, 6.07) is 26.8. The second-order valence-electron chi connectivity index (χ2n) is 7.29. The van der Waals surface area contributed by atoms with Gasteiger partial charge in [0.05, 0.1) is 22.0 Å². The van der Waals surface area contributed by atoms with Crippen LogP contribution >= 0.6 is 11.6 Å². The largest absolute Gasteiger partial charge is 0.348 e. The van der Waals surface area contributed by atoms with E-state index in [0.29, 0.717) is 34.8 Å². The standard InChI is InChI=1S/C25H23ClN4O/c26-21-13-7-12-20(25(31)28-19(16-27)14-17-8-3-1-4-9-17)24(21)23-15-22(29-30-23)18-10-5-2-6-11-18/h1-13,15,19H,14,16,27H2,(H,28,31)(H,29,30)/t19-/m1/s1. The van der Waals surface area contributed by atoms with Crippen molar-refractivity contribution in [3.8, 4) is 22.5 Å². The Morgan fingerprint density at radius 3 is 2.42 bits per heavy atom. The maximum absolute atomic E-state index is 13.2. The highest BCUT2D eigenvalue weighted by Gasteiger charge is 2.20. The summed E-state index contributed by atoms with van der Waals surface area (Å²) in [4.78, 5) is 13.2. The maximum Gasteiger partial charge on any atom is 0.252 e. The van der Waals surface area contributed by atoms with Crippen LogP contribution in [0.25, 0.3) is 22.5 Å². The zero-order valence-corrected chi connectivity index (χ0v) is 17.6. The molecule has 5 nitrogen and oxygen atoms in total. The number of aromatic nitrogens is 2. The van der Waals surface area contributed by atoms with Gasteiger partial charge in [-0.25, -0.2) is 0 Å². The van der Waals surface area contributed by atoms with Gasteiger partial charge in [0.2, 0.25) is 0 Å². The number of carbonyl (C=O) groups is 1. The van der Waals surface area contributed by atoms with Crippen LogP contribution in [0.2, 0.25) is 5.02 Å². The Balaban J connectivity index is 1.60. The Hall–Kier alpha value is -3.41. The molecule has 31 heavy (non-hydrogen) atoms. The number of carbonyl (C=O) groups excluding carboxylic acids is 1. The molecule has 1 atom stereocenters. The van der Waals surface area contributed by atoms with E-state index in [-0.39, 0.29) is 11.9 Å². The van der Waals surface area contributed by atoms with Crippen molar-refractivity contribution in [1.29, 1.82) is 0 Å². The Kier molecular flexibility index (Phi) is 6.46. The molecule has 1 heterocycles. The van der Waals surface area contributed by atoms with E-state index in [1.807, 2.05) is 66.7 Å². The van der Waals surface area contributed by atoms with Gasteiger partial charge in [-0.1, -0.05) is 78.3 Å². The van der Waals surface area contributed by atoms with Crippen molar-refractivity contribution in [2.75, 3.05) is 6.54 Å². The first-order valence-electron chi connectivity index (χ1n) is 10.1. The van der Waals surface area contributed by atoms with Crippen LogP contribution in [0.15, 0.2) is 84.9 Å². The zero-order chi connectivity index (χ0) is 21.6. The summed E-state index contributed by atoms with van der Waals surface area (Å²) in [5.41, 5.74) is 10.6. The molecule has 0 saturated carbocycles. The average Bonchev–Trinajstić information content (AvgIpc) is 3.29. The van der Waals surface area contributed by atoms with E-state index in [1.54, 1.807) is 18.2 Å². The molecule has 4 N–H and O–H groups in total. The maximum atomic E-state index is 13.2. The van der Waals surface area contributed by atoms with Gasteiger partial charge in [0.25, 0.3) is 5.91 Å². The quantitative estimate of drug-likeness (QED) is 0.397. The molecule has 156 valence electrons. The van der Waals surface area contributed by atoms with E-state index >= 15 is 0 Å². The fraction of sp³-hybridized carbons (Fsp3) is 0.120. The summed E-state index contributed by atoms with van der Waals surface area (Å²) >= 11 is 6.51. The molecular formula is C25H23ClN4O. The van der Waals surface area contributed by atoms with E-state index in [0.717, 1.165) is 16.8 Å². The predicted octanol–water partition coefficient (Wildman–Crippen LogP) is 4.70. The SMILES string of the molecule is NC[C@@H](Cc1ccccc1)NC(=O)c1cccc(Cl)c1-c1cc(-c2ccccc2)n[nH]1. The number of hydrogen-bond acceptors (Lipinski definition) is 3. The van der Waals surface area contributed by atoms with Crippen LogP contribution in [-0.2, 0) is 6.42 Å². The Bertz CT molecular complexity index is 1160. The smallest absolute Gasteiger partial charge is 0.252 e. The van der Waals surface area contributed by atoms with E-state index in [1.165, 1.54) is 0 Å². The normalized spacial score (nSPS) is 11.8. The average molecular weight is 431 g/mol. The van der Waals surface area contributed by atoms with Crippen LogP contribution in [0.5, 0.6) is 0 Å². The molecule has 0 saturated heterocycles. The molecule has 1 amide bonds. The summed E-state index contributed by atoms with van der Waals surface area (Å²) in [5.74, 6) is -0.222. The first-order valence-corrected chi connectivity index (χ1v) is 10.5. The van der Waals surface area contributed by atoms with Crippen molar-refractivity contribution in [3.63, 3.8) is 0 Å². The number of hydrogen-bond donors (Lipinski definition) is 3. The molecule has 4 aromatic rings. The second kappa shape index (κ2) is 9.60. The highest BCUT2D eigenvalue weighted by molar-refractivity contribution is 6.34. The van der Waals surface area contributed by atoms with Crippen LogP contribution in [0.1, 0.15) is 15.9 Å². The topological polar surface area (TPSA) is 83.8 Å². The van der Waals surface area contributed by atoms with Gasteiger partial charge in [0.15, 0.2) is 0 Å². The van der Waals surface area contributed by atoms with Gasteiger partial charge in [0, 0.05) is 23.7 Å². The van der Waals surface area contributed by atoms with Gasteiger partial charge in [-0.05, 0) is 30.2 Å². The molecule has 0 fully saturated rings. The number of benzene rings is 3. The Morgan fingerprint density at radius 1 is 1.00 bits per heavy atom. The molecule has 0 radical (unpaired) electrons. The molecule has 0 unspecified atom stereocenters. The number of halogens is 1. The molecule has 1 aromatic heterocycles. The van der Waals surface area contributed by atoms with Gasteiger partial charge in [-0.3, -0.25) is 9.89 Å². The van der Waals surface area contributed by atoms with E-state index in [4.69, 9.17) is 17.3 Å². The van der Waals surface area contributed by atoms with Gasteiger partial charge in [0.1, 0.15) is 0 Å². The van der Waals surface area contributed by atoms with Crippen LogP contribution in [0.4, 0.5) is 0 Å². The molecule has 4 rings (SSSR count). The summed E-state index contributed by atoms with van der Waals surface area (Å²) < 4.78 is 0. The molecule has 3 aromatic carbocycles. The minimum absolute atomic E-state index is 0.191. The lowest BCUT2D eigenvalue weighted by Gasteiger charge is -2.18. The van der Waals surface area contributed by atoms with E-state index in [2.05, 4.69) is 15.5 Å². The number of aromatic amines is 1. The molecule has 0 aliphatic heterocycles. The summed E-state index contributed by atoms with van der Waals surface area (Å²) in [6.45, 7) is 0.332. The summed E-state index contributed by atoms with van der Waals surface area (Å²) in [7, 11) is 0. The molecule has 0 spiro atoms. The molecule has 0 bridgehead atoms. The second-order valence-corrected chi connectivity index (χ2v) is 7.70. The number of H-pyrrole nitrogens is 1. The van der Waals surface area contributed by atoms with Gasteiger partial charge < -0.3 is 11.1 Å². The van der Waals surface area contributed by atoms with Crippen LogP contribution < -0.4 is 11.1 Å². The van der Waals surface area contributed by atoms with Crippen LogP contribution in [0, 0.1) is 0 Å². The Morgan fingerprint density at radius 2 is 1.71 bits per heavy atom. The van der Waals surface area contributed by atoms with Crippen molar-refractivity contribution in [2.24, 2.45) is 5.73 Å². The van der Waals surface area contributed by atoms with Gasteiger partial charge in [-0.2, -0.15) is 5.10 Å². The lowest BCUT2D eigenvalue weighted by Crippen LogP contribution is -2.41. The number of rotatable bonds is 7. The lowest BCUT2D eigenvalue weighted by molar-refractivity contribution is 0.0938. The third-order valence-corrected chi connectivity index (χ3v) is 5.43. The van der Waals surface area contributed by atoms with Gasteiger partial charge >= 0.3 is 0 Å². The van der Waals surface area contributed by atoms with Crippen molar-refractivity contribution < 1.29 is 4.79 Å². The fourth-order valence-corrected chi connectivity index (χ4v) is 3.83. The van der Waals surface area contributed by atoms with Crippen LogP contribution in [0.3, 0.4) is 0 Å².